The number of amidine groups is 1. The van der Waals surface area contributed by atoms with Gasteiger partial charge in [-0.1, -0.05) is 21.1 Å². The van der Waals surface area contributed by atoms with Crippen molar-refractivity contribution in [2.45, 2.75) is 13.0 Å². The molecule has 0 saturated carbocycles. The van der Waals surface area contributed by atoms with Crippen molar-refractivity contribution in [2.24, 2.45) is 10.9 Å². The SMILES string of the molecule is COc1ccc(/C(N)=N\OC(=O)[C@@H](C)Oc2ccc(Br)cc2)cc1. The Labute approximate surface area is 148 Å². The zero-order valence-electron chi connectivity index (χ0n) is 13.2. The van der Waals surface area contributed by atoms with Gasteiger partial charge in [0.2, 0.25) is 0 Å². The maximum atomic E-state index is 11.9. The summed E-state index contributed by atoms with van der Waals surface area (Å²) in [5, 5.41) is 3.64. The molecule has 6 nitrogen and oxygen atoms in total. The third kappa shape index (κ3) is 4.99. The largest absolute Gasteiger partial charge is 0.497 e. The van der Waals surface area contributed by atoms with Crippen molar-refractivity contribution >= 4 is 27.7 Å². The van der Waals surface area contributed by atoms with Gasteiger partial charge in [0, 0.05) is 10.0 Å². The molecule has 2 aromatic carbocycles. The molecule has 0 aromatic heterocycles. The Balaban J connectivity index is 1.93. The van der Waals surface area contributed by atoms with Gasteiger partial charge in [-0.3, -0.25) is 0 Å². The molecule has 7 heteroatoms. The molecule has 0 radical (unpaired) electrons. The molecule has 0 bridgehead atoms. The number of oxime groups is 1. The van der Waals surface area contributed by atoms with Crippen molar-refractivity contribution in [1.29, 1.82) is 0 Å². The fourth-order valence-corrected chi connectivity index (χ4v) is 2.01. The van der Waals surface area contributed by atoms with E-state index in [1.54, 1.807) is 50.4 Å². The van der Waals surface area contributed by atoms with E-state index in [2.05, 4.69) is 21.1 Å². The molecule has 2 aromatic rings. The lowest BCUT2D eigenvalue weighted by Crippen LogP contribution is -2.26. The monoisotopic (exact) mass is 392 g/mol. The highest BCUT2D eigenvalue weighted by molar-refractivity contribution is 9.10. The summed E-state index contributed by atoms with van der Waals surface area (Å²) in [4.78, 5) is 16.7. The highest BCUT2D eigenvalue weighted by atomic mass is 79.9. The average Bonchev–Trinajstić information content (AvgIpc) is 2.61. The summed E-state index contributed by atoms with van der Waals surface area (Å²) in [5.41, 5.74) is 6.41. The average molecular weight is 393 g/mol. The van der Waals surface area contributed by atoms with Gasteiger partial charge >= 0.3 is 5.97 Å². The molecule has 0 fully saturated rings. The van der Waals surface area contributed by atoms with E-state index in [4.69, 9.17) is 20.0 Å². The van der Waals surface area contributed by atoms with Gasteiger partial charge in [0.05, 0.1) is 7.11 Å². The summed E-state index contributed by atoms with van der Waals surface area (Å²) in [6, 6.07) is 14.0. The second kappa shape index (κ2) is 8.35. The molecule has 0 spiro atoms. The van der Waals surface area contributed by atoms with Crippen molar-refractivity contribution in [3.63, 3.8) is 0 Å². The molecule has 2 N–H and O–H groups in total. The molecule has 0 aliphatic rings. The number of hydrogen-bond acceptors (Lipinski definition) is 5. The Morgan fingerprint density at radius 1 is 1.08 bits per heavy atom. The first-order valence-corrected chi connectivity index (χ1v) is 7.90. The molecule has 0 saturated heterocycles. The van der Waals surface area contributed by atoms with Crippen molar-refractivity contribution in [3.05, 3.63) is 58.6 Å². The van der Waals surface area contributed by atoms with Crippen LogP contribution in [0.3, 0.4) is 0 Å². The molecule has 24 heavy (non-hydrogen) atoms. The normalized spacial score (nSPS) is 12.4. The van der Waals surface area contributed by atoms with Crippen LogP contribution in [0.25, 0.3) is 0 Å². The Kier molecular flexibility index (Phi) is 6.20. The fourth-order valence-electron chi connectivity index (χ4n) is 1.75. The smallest absolute Gasteiger partial charge is 0.374 e. The molecule has 2 rings (SSSR count). The van der Waals surface area contributed by atoms with E-state index < -0.39 is 12.1 Å². The van der Waals surface area contributed by atoms with E-state index in [-0.39, 0.29) is 5.84 Å². The molecule has 0 heterocycles. The van der Waals surface area contributed by atoms with E-state index in [9.17, 15) is 4.79 Å². The van der Waals surface area contributed by atoms with Gasteiger partial charge in [-0.2, -0.15) is 0 Å². The number of methoxy groups -OCH3 is 1. The molecule has 1 atom stereocenters. The lowest BCUT2D eigenvalue weighted by atomic mass is 10.2. The van der Waals surface area contributed by atoms with Gasteiger partial charge in [0.25, 0.3) is 0 Å². The summed E-state index contributed by atoms with van der Waals surface area (Å²) >= 11 is 3.33. The fraction of sp³-hybridized carbons (Fsp3) is 0.176. The Morgan fingerprint density at radius 3 is 2.25 bits per heavy atom. The number of benzene rings is 2. The highest BCUT2D eigenvalue weighted by Crippen LogP contribution is 2.17. The van der Waals surface area contributed by atoms with Crippen LogP contribution in [-0.4, -0.2) is 25.0 Å². The topological polar surface area (TPSA) is 83.1 Å². The van der Waals surface area contributed by atoms with Crippen LogP contribution >= 0.6 is 15.9 Å². The number of halogens is 1. The predicted octanol–water partition coefficient (Wildman–Crippen LogP) is 3.09. The second-order valence-electron chi connectivity index (χ2n) is 4.83. The van der Waals surface area contributed by atoms with E-state index >= 15 is 0 Å². The number of nitrogens with two attached hydrogens (primary N) is 1. The summed E-state index contributed by atoms with van der Waals surface area (Å²) < 4.78 is 11.5. The third-order valence-electron chi connectivity index (χ3n) is 3.08. The maximum Gasteiger partial charge on any atom is 0.374 e. The summed E-state index contributed by atoms with van der Waals surface area (Å²) in [6.07, 6.45) is -0.821. The van der Waals surface area contributed by atoms with Crippen molar-refractivity contribution in [1.82, 2.24) is 0 Å². The first-order valence-electron chi connectivity index (χ1n) is 7.10. The minimum atomic E-state index is -0.821. The number of nitrogens with zero attached hydrogens (tertiary/aromatic N) is 1. The van der Waals surface area contributed by atoms with Crippen LogP contribution in [0.4, 0.5) is 0 Å². The Morgan fingerprint density at radius 2 is 1.67 bits per heavy atom. The molecule has 0 aliphatic heterocycles. The van der Waals surface area contributed by atoms with Gasteiger partial charge < -0.3 is 20.0 Å². The van der Waals surface area contributed by atoms with Crippen LogP contribution < -0.4 is 15.2 Å². The Hall–Kier alpha value is -2.54. The third-order valence-corrected chi connectivity index (χ3v) is 3.61. The number of ether oxygens (including phenoxy) is 2. The number of rotatable bonds is 6. The van der Waals surface area contributed by atoms with Crippen molar-refractivity contribution in [2.75, 3.05) is 7.11 Å². The van der Waals surface area contributed by atoms with E-state index in [0.29, 0.717) is 17.1 Å². The predicted molar refractivity (Wildman–Crippen MR) is 94.0 cm³/mol. The quantitative estimate of drug-likeness (QED) is 0.353. The molecule has 0 amide bonds. The second-order valence-corrected chi connectivity index (χ2v) is 5.75. The van der Waals surface area contributed by atoms with Crippen LogP contribution in [-0.2, 0) is 9.63 Å². The number of hydrogen-bond donors (Lipinski definition) is 1. The first kappa shape index (κ1) is 17.8. The van der Waals surface area contributed by atoms with Crippen LogP contribution in [0.5, 0.6) is 11.5 Å². The van der Waals surface area contributed by atoms with E-state index in [1.165, 1.54) is 0 Å². The summed E-state index contributed by atoms with van der Waals surface area (Å²) in [7, 11) is 1.57. The summed E-state index contributed by atoms with van der Waals surface area (Å²) in [5.74, 6) is 0.686. The molecular weight excluding hydrogens is 376 g/mol. The minimum Gasteiger partial charge on any atom is -0.497 e. The lowest BCUT2D eigenvalue weighted by Gasteiger charge is -2.11. The van der Waals surface area contributed by atoms with E-state index in [0.717, 1.165) is 4.47 Å². The van der Waals surface area contributed by atoms with Crippen LogP contribution in [0.1, 0.15) is 12.5 Å². The van der Waals surface area contributed by atoms with Gasteiger partial charge in [-0.05, 0) is 55.5 Å². The van der Waals surface area contributed by atoms with Gasteiger partial charge in [-0.25, -0.2) is 4.79 Å². The standard InChI is InChI=1S/C17H17BrN2O4/c1-11(23-15-9-5-13(18)6-10-15)17(21)24-20-16(19)12-3-7-14(22-2)8-4-12/h3-11H,1-2H3,(H2,19,20)/t11-/m1/s1. The van der Waals surface area contributed by atoms with Crippen LogP contribution in [0.15, 0.2) is 58.2 Å². The zero-order valence-corrected chi connectivity index (χ0v) is 14.8. The van der Waals surface area contributed by atoms with Crippen molar-refractivity contribution < 1.29 is 19.1 Å². The van der Waals surface area contributed by atoms with Crippen molar-refractivity contribution in [3.8, 4) is 11.5 Å². The first-order chi connectivity index (χ1) is 11.5. The minimum absolute atomic E-state index is 0.0850. The molecule has 0 unspecified atom stereocenters. The molecule has 0 aliphatic carbocycles. The summed E-state index contributed by atoms with van der Waals surface area (Å²) in [6.45, 7) is 1.57. The molecular formula is C17H17BrN2O4. The van der Waals surface area contributed by atoms with Crippen LogP contribution in [0.2, 0.25) is 0 Å². The van der Waals surface area contributed by atoms with Gasteiger partial charge in [0.1, 0.15) is 11.5 Å². The molecule has 126 valence electrons. The van der Waals surface area contributed by atoms with Gasteiger partial charge in [0.15, 0.2) is 11.9 Å². The number of carbonyl (C=O) groups is 1. The number of carbonyl (C=O) groups excluding carboxylic acids is 1. The highest BCUT2D eigenvalue weighted by Gasteiger charge is 2.17. The van der Waals surface area contributed by atoms with E-state index in [1.807, 2.05) is 12.1 Å². The maximum absolute atomic E-state index is 11.9. The van der Waals surface area contributed by atoms with Crippen LogP contribution in [0, 0.1) is 0 Å². The van der Waals surface area contributed by atoms with Gasteiger partial charge in [-0.15, -0.1) is 0 Å². The lowest BCUT2D eigenvalue weighted by molar-refractivity contribution is -0.151. The zero-order chi connectivity index (χ0) is 17.5. The Bertz CT molecular complexity index is 714.